The Bertz CT molecular complexity index is 812. The molecule has 8 heteroatoms. The van der Waals surface area contributed by atoms with Crippen molar-refractivity contribution in [3.05, 3.63) is 35.8 Å². The summed E-state index contributed by atoms with van der Waals surface area (Å²) in [6.07, 6.45) is 4.48. The molecule has 152 valence electrons. The Balaban J connectivity index is 1.64. The van der Waals surface area contributed by atoms with Crippen LogP contribution in [0.3, 0.4) is 0 Å². The zero-order chi connectivity index (χ0) is 20.3. The van der Waals surface area contributed by atoms with E-state index < -0.39 is 0 Å². The van der Waals surface area contributed by atoms with Crippen molar-refractivity contribution in [2.45, 2.75) is 58.8 Å². The number of nitrogens with zero attached hydrogens (tertiary/aromatic N) is 4. The van der Waals surface area contributed by atoms with E-state index >= 15 is 0 Å². The summed E-state index contributed by atoms with van der Waals surface area (Å²) in [4.78, 5) is 18.0. The first-order valence-corrected chi connectivity index (χ1v) is 9.73. The topological polar surface area (TPSA) is 95.5 Å². The van der Waals surface area contributed by atoms with Gasteiger partial charge in [0.2, 0.25) is 0 Å². The summed E-state index contributed by atoms with van der Waals surface area (Å²) in [6.45, 7) is 8.83. The molecule has 1 atom stereocenters. The lowest BCUT2D eigenvalue weighted by Crippen LogP contribution is -2.40. The highest BCUT2D eigenvalue weighted by Crippen LogP contribution is 2.31. The molecule has 1 fully saturated rings. The number of rotatable bonds is 5. The minimum Gasteiger partial charge on any atom is -0.484 e. The van der Waals surface area contributed by atoms with E-state index in [4.69, 9.17) is 15.2 Å². The Labute approximate surface area is 165 Å². The van der Waals surface area contributed by atoms with Gasteiger partial charge in [0.15, 0.2) is 0 Å². The van der Waals surface area contributed by atoms with Crippen LogP contribution in [0.2, 0.25) is 0 Å². The fraction of sp³-hybridized carbons (Fsp3) is 0.550. The van der Waals surface area contributed by atoms with Gasteiger partial charge >= 0.3 is 6.09 Å². The number of hydrogen-bond acceptors (Lipinski definition) is 6. The van der Waals surface area contributed by atoms with E-state index in [0.29, 0.717) is 18.9 Å². The number of piperidine rings is 1. The largest absolute Gasteiger partial charge is 0.484 e. The van der Waals surface area contributed by atoms with E-state index in [1.165, 1.54) is 0 Å². The number of pyridine rings is 1. The summed E-state index contributed by atoms with van der Waals surface area (Å²) in [5, 5.41) is 4.50. The van der Waals surface area contributed by atoms with Gasteiger partial charge in [-0.2, -0.15) is 5.10 Å². The first kappa shape index (κ1) is 20.0. The minimum atomic E-state index is -0.253. The van der Waals surface area contributed by atoms with E-state index in [1.807, 2.05) is 44.5 Å². The summed E-state index contributed by atoms with van der Waals surface area (Å²) in [5.41, 5.74) is 8.07. The highest BCUT2D eigenvalue weighted by atomic mass is 16.6. The molecule has 1 saturated heterocycles. The number of amides is 1. The molecule has 2 aromatic rings. The zero-order valence-corrected chi connectivity index (χ0v) is 17.0. The quantitative estimate of drug-likeness (QED) is 0.844. The summed E-state index contributed by atoms with van der Waals surface area (Å²) in [5.74, 6) is 1.34. The van der Waals surface area contributed by atoms with Crippen LogP contribution < -0.4 is 10.5 Å². The lowest BCUT2D eigenvalue weighted by atomic mass is 10.1. The molecule has 0 aliphatic carbocycles. The Morgan fingerprint density at radius 3 is 2.64 bits per heavy atom. The molecule has 0 saturated carbocycles. The van der Waals surface area contributed by atoms with Crippen molar-refractivity contribution in [1.29, 1.82) is 0 Å². The maximum absolute atomic E-state index is 12.0. The fourth-order valence-corrected chi connectivity index (χ4v) is 3.41. The number of aryl methyl sites for hydroxylation is 1. The van der Waals surface area contributed by atoms with Crippen LogP contribution in [0.1, 0.15) is 57.0 Å². The van der Waals surface area contributed by atoms with Crippen LogP contribution in [0.5, 0.6) is 5.75 Å². The van der Waals surface area contributed by atoms with Crippen molar-refractivity contribution in [2.75, 3.05) is 18.8 Å². The Kier molecular flexibility index (Phi) is 6.06. The molecule has 3 rings (SSSR count). The molecule has 2 N–H and O–H groups in total. The number of anilines is 1. The van der Waals surface area contributed by atoms with Crippen LogP contribution >= 0.6 is 0 Å². The summed E-state index contributed by atoms with van der Waals surface area (Å²) in [6, 6.07) is 3.90. The van der Waals surface area contributed by atoms with Crippen LogP contribution in [0.25, 0.3) is 0 Å². The van der Waals surface area contributed by atoms with E-state index in [2.05, 4.69) is 10.1 Å². The van der Waals surface area contributed by atoms with Gasteiger partial charge in [-0.05, 0) is 52.7 Å². The lowest BCUT2D eigenvalue weighted by molar-refractivity contribution is 0.0655. The number of hydrogen-bond donors (Lipinski definition) is 1. The fourth-order valence-electron chi connectivity index (χ4n) is 3.41. The average Bonchev–Trinajstić information content (AvgIpc) is 3.04. The second-order valence-electron chi connectivity index (χ2n) is 7.43. The second kappa shape index (κ2) is 8.50. The molecule has 1 aliphatic rings. The number of ether oxygens (including phenoxy) is 2. The van der Waals surface area contributed by atoms with Crippen molar-refractivity contribution in [3.8, 4) is 5.75 Å². The molecule has 3 heterocycles. The first-order chi connectivity index (χ1) is 13.4. The van der Waals surface area contributed by atoms with Crippen LogP contribution in [-0.2, 0) is 4.74 Å². The SMILES string of the molecule is Cc1ncccc1OC(C)c1cnn(C2CCN(C(=O)OC(C)C)CC2)c1N. The Hall–Kier alpha value is -2.77. The molecule has 0 spiro atoms. The first-order valence-electron chi connectivity index (χ1n) is 9.73. The molecule has 0 aromatic carbocycles. The number of carbonyl (C=O) groups is 1. The normalized spacial score (nSPS) is 16.2. The molecular formula is C20H29N5O3. The number of likely N-dealkylation sites (tertiary alicyclic amines) is 1. The molecule has 0 bridgehead atoms. The zero-order valence-electron chi connectivity index (χ0n) is 17.0. The van der Waals surface area contributed by atoms with Crippen LogP contribution in [0.4, 0.5) is 10.6 Å². The van der Waals surface area contributed by atoms with Gasteiger partial charge in [0.1, 0.15) is 17.7 Å². The number of nitrogens with two attached hydrogens (primary N) is 1. The molecule has 8 nitrogen and oxygen atoms in total. The monoisotopic (exact) mass is 387 g/mol. The lowest BCUT2D eigenvalue weighted by Gasteiger charge is -2.32. The van der Waals surface area contributed by atoms with Gasteiger partial charge in [-0.25, -0.2) is 9.48 Å². The summed E-state index contributed by atoms with van der Waals surface area (Å²) < 4.78 is 13.2. The van der Waals surface area contributed by atoms with Gasteiger partial charge < -0.3 is 20.1 Å². The van der Waals surface area contributed by atoms with E-state index in [-0.39, 0.29) is 24.3 Å². The van der Waals surface area contributed by atoms with Crippen molar-refractivity contribution >= 4 is 11.9 Å². The maximum atomic E-state index is 12.0. The van der Waals surface area contributed by atoms with Crippen LogP contribution in [0.15, 0.2) is 24.5 Å². The minimum absolute atomic E-state index is 0.112. The van der Waals surface area contributed by atoms with Gasteiger partial charge in [0, 0.05) is 19.3 Å². The number of aromatic nitrogens is 3. The third kappa shape index (κ3) is 4.37. The molecule has 1 amide bonds. The molecule has 1 aliphatic heterocycles. The smallest absolute Gasteiger partial charge is 0.410 e. The highest BCUT2D eigenvalue weighted by Gasteiger charge is 2.28. The highest BCUT2D eigenvalue weighted by molar-refractivity contribution is 5.67. The Morgan fingerprint density at radius 2 is 2.00 bits per heavy atom. The second-order valence-corrected chi connectivity index (χ2v) is 7.43. The predicted octanol–water partition coefficient (Wildman–Crippen LogP) is 3.49. The van der Waals surface area contributed by atoms with Gasteiger partial charge in [0.25, 0.3) is 0 Å². The van der Waals surface area contributed by atoms with Crippen LogP contribution in [-0.4, -0.2) is 45.0 Å². The maximum Gasteiger partial charge on any atom is 0.410 e. The Morgan fingerprint density at radius 1 is 1.29 bits per heavy atom. The van der Waals surface area contributed by atoms with Gasteiger partial charge in [-0.15, -0.1) is 0 Å². The molecule has 28 heavy (non-hydrogen) atoms. The van der Waals surface area contributed by atoms with Crippen molar-refractivity contribution in [1.82, 2.24) is 19.7 Å². The van der Waals surface area contributed by atoms with Gasteiger partial charge in [-0.1, -0.05) is 0 Å². The van der Waals surface area contributed by atoms with E-state index in [0.717, 1.165) is 29.8 Å². The van der Waals surface area contributed by atoms with Crippen LogP contribution in [0, 0.1) is 6.92 Å². The molecule has 0 radical (unpaired) electrons. The standard InChI is InChI=1S/C20H29N5O3/c1-13(2)27-20(26)24-10-7-16(8-11-24)25-19(21)17(12-23-25)15(4)28-18-6-5-9-22-14(18)3/h5-6,9,12-13,15-16H,7-8,10-11,21H2,1-4H3. The summed E-state index contributed by atoms with van der Waals surface area (Å²) >= 11 is 0. The third-order valence-corrected chi connectivity index (χ3v) is 4.97. The number of carbonyl (C=O) groups excluding carboxylic acids is 1. The van der Waals surface area contributed by atoms with Crippen molar-refractivity contribution in [2.24, 2.45) is 0 Å². The number of nitrogen functional groups attached to an aromatic ring is 1. The van der Waals surface area contributed by atoms with Crippen molar-refractivity contribution < 1.29 is 14.3 Å². The average molecular weight is 387 g/mol. The molecule has 1 unspecified atom stereocenters. The summed E-state index contributed by atoms with van der Waals surface area (Å²) in [7, 11) is 0. The van der Waals surface area contributed by atoms with Gasteiger partial charge in [-0.3, -0.25) is 4.98 Å². The molecular weight excluding hydrogens is 358 g/mol. The third-order valence-electron chi connectivity index (χ3n) is 4.97. The van der Waals surface area contributed by atoms with E-state index in [9.17, 15) is 4.79 Å². The predicted molar refractivity (Wildman–Crippen MR) is 106 cm³/mol. The van der Waals surface area contributed by atoms with E-state index in [1.54, 1.807) is 17.3 Å². The van der Waals surface area contributed by atoms with Gasteiger partial charge in [0.05, 0.1) is 29.6 Å². The molecule has 2 aromatic heterocycles. The van der Waals surface area contributed by atoms with Crippen molar-refractivity contribution in [3.63, 3.8) is 0 Å².